The van der Waals surface area contributed by atoms with E-state index in [9.17, 15) is 0 Å². The van der Waals surface area contributed by atoms with E-state index in [1.54, 1.807) is 18.4 Å². The molecule has 0 saturated heterocycles. The number of rotatable bonds is 5. The molecule has 0 radical (unpaired) electrons. The molecule has 4 heteroatoms. The second-order valence-corrected chi connectivity index (χ2v) is 5.54. The van der Waals surface area contributed by atoms with E-state index in [1.165, 1.54) is 15.3 Å². The van der Waals surface area contributed by atoms with Crippen molar-refractivity contribution >= 4 is 11.3 Å². The van der Waals surface area contributed by atoms with E-state index >= 15 is 0 Å². The van der Waals surface area contributed by atoms with Gasteiger partial charge >= 0.3 is 0 Å². The van der Waals surface area contributed by atoms with Crippen LogP contribution in [0.4, 0.5) is 0 Å². The molecular formula is C14H18N2OS. The Morgan fingerprint density at radius 2 is 1.94 bits per heavy atom. The SMILES string of the molecule is COc1ccc(CC(NN)c2ccc(C)s2)cc1. The number of aryl methyl sites for hydroxylation is 1. The van der Waals surface area contributed by atoms with Crippen molar-refractivity contribution < 1.29 is 4.74 Å². The Morgan fingerprint density at radius 1 is 1.22 bits per heavy atom. The number of hydrogen-bond donors (Lipinski definition) is 2. The predicted molar refractivity (Wildman–Crippen MR) is 75.8 cm³/mol. The first kappa shape index (κ1) is 13.1. The van der Waals surface area contributed by atoms with E-state index in [0.717, 1.165) is 12.2 Å². The number of hydrazine groups is 1. The van der Waals surface area contributed by atoms with Crippen molar-refractivity contribution in [3.8, 4) is 5.75 Å². The van der Waals surface area contributed by atoms with Crippen LogP contribution in [0, 0.1) is 6.92 Å². The number of thiophene rings is 1. The fourth-order valence-electron chi connectivity index (χ4n) is 1.88. The van der Waals surface area contributed by atoms with Gasteiger partial charge in [0.05, 0.1) is 13.2 Å². The van der Waals surface area contributed by atoms with Crippen molar-refractivity contribution in [2.75, 3.05) is 7.11 Å². The maximum atomic E-state index is 5.65. The smallest absolute Gasteiger partial charge is 0.118 e. The fraction of sp³-hybridized carbons (Fsp3) is 0.286. The van der Waals surface area contributed by atoms with Crippen LogP contribution in [0.1, 0.15) is 21.4 Å². The molecule has 0 fully saturated rings. The Morgan fingerprint density at radius 3 is 2.44 bits per heavy atom. The molecule has 0 aliphatic heterocycles. The zero-order valence-corrected chi connectivity index (χ0v) is 11.5. The van der Waals surface area contributed by atoms with Crippen LogP contribution in [0.15, 0.2) is 36.4 Å². The number of nitrogens with one attached hydrogen (secondary N) is 1. The van der Waals surface area contributed by atoms with Crippen molar-refractivity contribution in [3.63, 3.8) is 0 Å². The highest BCUT2D eigenvalue weighted by atomic mass is 32.1. The second-order valence-electron chi connectivity index (χ2n) is 4.22. The van der Waals surface area contributed by atoms with E-state index < -0.39 is 0 Å². The van der Waals surface area contributed by atoms with Gasteiger partial charge in [0.15, 0.2) is 0 Å². The van der Waals surface area contributed by atoms with Crippen molar-refractivity contribution in [1.29, 1.82) is 0 Å². The van der Waals surface area contributed by atoms with Crippen LogP contribution in [0.5, 0.6) is 5.75 Å². The maximum Gasteiger partial charge on any atom is 0.118 e. The number of ether oxygens (including phenoxy) is 1. The third-order valence-corrected chi connectivity index (χ3v) is 4.02. The van der Waals surface area contributed by atoms with Gasteiger partial charge in [0.2, 0.25) is 0 Å². The molecule has 2 aromatic rings. The van der Waals surface area contributed by atoms with Crippen LogP contribution in [0.3, 0.4) is 0 Å². The molecule has 0 saturated carbocycles. The first-order valence-electron chi connectivity index (χ1n) is 5.88. The molecule has 3 nitrogen and oxygen atoms in total. The van der Waals surface area contributed by atoms with E-state index in [4.69, 9.17) is 10.6 Å². The Kier molecular flexibility index (Phi) is 4.36. The van der Waals surface area contributed by atoms with Crippen LogP contribution in [0.2, 0.25) is 0 Å². The number of nitrogens with two attached hydrogens (primary N) is 1. The van der Waals surface area contributed by atoms with Crippen LogP contribution >= 0.6 is 11.3 Å². The maximum absolute atomic E-state index is 5.65. The minimum absolute atomic E-state index is 0.164. The minimum Gasteiger partial charge on any atom is -0.497 e. The molecule has 3 N–H and O–H groups in total. The summed E-state index contributed by atoms with van der Waals surface area (Å²) < 4.78 is 5.15. The van der Waals surface area contributed by atoms with Gasteiger partial charge in [-0.3, -0.25) is 11.3 Å². The Balaban J connectivity index is 2.10. The molecule has 1 unspecified atom stereocenters. The van der Waals surface area contributed by atoms with Crippen molar-refractivity contribution in [3.05, 3.63) is 51.7 Å². The molecule has 18 heavy (non-hydrogen) atoms. The number of methoxy groups -OCH3 is 1. The number of benzene rings is 1. The average Bonchev–Trinajstić information content (AvgIpc) is 2.83. The van der Waals surface area contributed by atoms with E-state index in [-0.39, 0.29) is 6.04 Å². The lowest BCUT2D eigenvalue weighted by atomic mass is 10.1. The van der Waals surface area contributed by atoms with Gasteiger partial charge in [-0.1, -0.05) is 12.1 Å². The lowest BCUT2D eigenvalue weighted by molar-refractivity contribution is 0.414. The third kappa shape index (κ3) is 3.10. The highest BCUT2D eigenvalue weighted by molar-refractivity contribution is 7.12. The molecule has 1 aromatic heterocycles. The van der Waals surface area contributed by atoms with Crippen molar-refractivity contribution in [1.82, 2.24) is 5.43 Å². The monoisotopic (exact) mass is 262 g/mol. The van der Waals surface area contributed by atoms with E-state index in [0.29, 0.717) is 0 Å². The molecule has 0 bridgehead atoms. The molecular weight excluding hydrogens is 244 g/mol. The van der Waals surface area contributed by atoms with Gasteiger partial charge in [-0.2, -0.15) is 0 Å². The van der Waals surface area contributed by atoms with Gasteiger partial charge in [-0.15, -0.1) is 11.3 Å². The lowest BCUT2D eigenvalue weighted by Crippen LogP contribution is -2.28. The Bertz CT molecular complexity index is 493. The summed E-state index contributed by atoms with van der Waals surface area (Å²) in [5, 5.41) is 0. The standard InChI is InChI=1S/C14H18N2OS/c1-10-3-8-14(18-10)13(16-15)9-11-4-6-12(17-2)7-5-11/h3-8,13,16H,9,15H2,1-2H3. The summed E-state index contributed by atoms with van der Waals surface area (Å²) in [4.78, 5) is 2.57. The van der Waals surface area contributed by atoms with Gasteiger partial charge in [0.1, 0.15) is 5.75 Å². The van der Waals surface area contributed by atoms with E-state index in [2.05, 4.69) is 36.6 Å². The molecule has 1 heterocycles. The largest absolute Gasteiger partial charge is 0.497 e. The van der Waals surface area contributed by atoms with Crippen LogP contribution in [0.25, 0.3) is 0 Å². The van der Waals surface area contributed by atoms with Gasteiger partial charge < -0.3 is 4.74 Å². The summed E-state index contributed by atoms with van der Waals surface area (Å²) in [5.74, 6) is 6.53. The lowest BCUT2D eigenvalue weighted by Gasteiger charge is -2.14. The summed E-state index contributed by atoms with van der Waals surface area (Å²) >= 11 is 1.78. The first-order chi connectivity index (χ1) is 8.72. The quantitative estimate of drug-likeness (QED) is 0.643. The summed E-state index contributed by atoms with van der Waals surface area (Å²) in [5.41, 5.74) is 4.13. The highest BCUT2D eigenvalue weighted by Crippen LogP contribution is 2.25. The summed E-state index contributed by atoms with van der Waals surface area (Å²) in [6, 6.07) is 12.5. The highest BCUT2D eigenvalue weighted by Gasteiger charge is 2.12. The summed E-state index contributed by atoms with van der Waals surface area (Å²) in [7, 11) is 1.67. The van der Waals surface area contributed by atoms with Crippen LogP contribution in [-0.2, 0) is 6.42 Å². The first-order valence-corrected chi connectivity index (χ1v) is 6.70. The second kappa shape index (κ2) is 6.00. The molecule has 2 rings (SSSR count). The molecule has 1 aromatic carbocycles. The van der Waals surface area contributed by atoms with Gasteiger partial charge in [0.25, 0.3) is 0 Å². The number of hydrogen-bond acceptors (Lipinski definition) is 4. The van der Waals surface area contributed by atoms with Gasteiger partial charge in [0, 0.05) is 9.75 Å². The van der Waals surface area contributed by atoms with E-state index in [1.807, 2.05) is 12.1 Å². The Hall–Kier alpha value is -1.36. The minimum atomic E-state index is 0.164. The van der Waals surface area contributed by atoms with Gasteiger partial charge in [-0.05, 0) is 43.2 Å². The molecule has 1 atom stereocenters. The predicted octanol–water partition coefficient (Wildman–Crippen LogP) is 2.81. The molecule has 0 aliphatic carbocycles. The zero-order chi connectivity index (χ0) is 13.0. The topological polar surface area (TPSA) is 47.3 Å². The average molecular weight is 262 g/mol. The zero-order valence-electron chi connectivity index (χ0n) is 10.6. The van der Waals surface area contributed by atoms with Crippen LogP contribution in [-0.4, -0.2) is 7.11 Å². The fourth-order valence-corrected chi connectivity index (χ4v) is 2.82. The summed E-state index contributed by atoms with van der Waals surface area (Å²) in [6.07, 6.45) is 0.875. The normalized spacial score (nSPS) is 12.4. The summed E-state index contributed by atoms with van der Waals surface area (Å²) in [6.45, 7) is 2.11. The molecule has 0 spiro atoms. The van der Waals surface area contributed by atoms with Crippen LogP contribution < -0.4 is 16.0 Å². The molecule has 96 valence electrons. The third-order valence-electron chi connectivity index (χ3n) is 2.90. The van der Waals surface area contributed by atoms with Gasteiger partial charge in [-0.25, -0.2) is 0 Å². The Labute approximate surface area is 112 Å². The molecule has 0 amide bonds. The van der Waals surface area contributed by atoms with Crippen molar-refractivity contribution in [2.24, 2.45) is 5.84 Å². The molecule has 0 aliphatic rings. The van der Waals surface area contributed by atoms with Crippen molar-refractivity contribution in [2.45, 2.75) is 19.4 Å².